The molecule has 3 N–H and O–H groups in total. The lowest BCUT2D eigenvalue weighted by molar-refractivity contribution is -0.118. The van der Waals surface area contributed by atoms with Crippen molar-refractivity contribution in [3.05, 3.63) is 63.5 Å². The minimum absolute atomic E-state index is 0.0796. The summed E-state index contributed by atoms with van der Waals surface area (Å²) in [5, 5.41) is 19.5. The highest BCUT2D eigenvalue weighted by Gasteiger charge is 2.19. The molecule has 3 rings (SSSR count). The second-order valence-corrected chi connectivity index (χ2v) is 6.72. The number of aromatic nitrogens is 2. The molecule has 12 heteroatoms. The average molecular weight is 485 g/mol. The van der Waals surface area contributed by atoms with E-state index in [1.807, 2.05) is 5.48 Å². The number of hydrogen-bond donors (Lipinski definition) is 3. The summed E-state index contributed by atoms with van der Waals surface area (Å²) in [5.41, 5.74) is 2.06. The quantitative estimate of drug-likeness (QED) is 0.277. The summed E-state index contributed by atoms with van der Waals surface area (Å²) in [6.07, 6.45) is 0. The van der Waals surface area contributed by atoms with Crippen molar-refractivity contribution in [3.63, 3.8) is 0 Å². The fourth-order valence-corrected chi connectivity index (χ4v) is 2.66. The topological polar surface area (TPSA) is 122 Å². The van der Waals surface area contributed by atoms with Gasteiger partial charge < -0.3 is 10.1 Å². The second kappa shape index (κ2) is 9.45. The summed E-state index contributed by atoms with van der Waals surface area (Å²) in [7, 11) is 0. The van der Waals surface area contributed by atoms with Gasteiger partial charge in [0.1, 0.15) is 11.6 Å². The number of anilines is 1. The molecule has 0 unspecified atom stereocenters. The maximum atomic E-state index is 13.4. The van der Waals surface area contributed by atoms with Gasteiger partial charge in [0.05, 0.1) is 10.2 Å². The Balaban J connectivity index is 1.72. The van der Waals surface area contributed by atoms with E-state index in [1.165, 1.54) is 18.2 Å². The van der Waals surface area contributed by atoms with Crippen LogP contribution in [0.25, 0.3) is 0 Å². The van der Waals surface area contributed by atoms with E-state index in [0.717, 1.165) is 0 Å². The first-order chi connectivity index (χ1) is 14.0. The van der Waals surface area contributed by atoms with Crippen molar-refractivity contribution < 1.29 is 23.8 Å². The van der Waals surface area contributed by atoms with Gasteiger partial charge in [-0.3, -0.25) is 15.5 Å². The molecule has 0 aliphatic heterocycles. The van der Waals surface area contributed by atoms with Gasteiger partial charge in [0.25, 0.3) is 5.91 Å². The highest BCUT2D eigenvalue weighted by atomic mass is 79.9. The van der Waals surface area contributed by atoms with Crippen LogP contribution in [0.5, 0.6) is 5.75 Å². The molecule has 1 amide bonds. The number of carbonyl (C=O) groups is 1. The molecule has 0 fully saturated rings. The smallest absolute Gasteiger partial charge is 0.263 e. The Morgan fingerprint density at radius 1 is 1.31 bits per heavy atom. The number of benzene rings is 2. The van der Waals surface area contributed by atoms with E-state index < -0.39 is 11.7 Å². The van der Waals surface area contributed by atoms with Crippen LogP contribution in [0, 0.1) is 5.82 Å². The molecule has 9 nitrogen and oxygen atoms in total. The molecule has 1 aromatic heterocycles. The SMILES string of the molecule is O=C(COc1cccc(Cl)c1)Nc1nonc1C(=Nc1ccc(F)c(Br)c1)NO. The molecule has 29 heavy (non-hydrogen) atoms. The minimum atomic E-state index is -0.566. The molecule has 0 radical (unpaired) electrons. The fourth-order valence-electron chi connectivity index (χ4n) is 2.11. The van der Waals surface area contributed by atoms with Gasteiger partial charge in [0, 0.05) is 5.02 Å². The number of ether oxygens (including phenoxy) is 1. The Labute approximate surface area is 176 Å². The van der Waals surface area contributed by atoms with Gasteiger partial charge in [-0.2, -0.15) is 0 Å². The van der Waals surface area contributed by atoms with Crippen LogP contribution in [0.2, 0.25) is 5.02 Å². The molecule has 0 bridgehead atoms. The molecule has 0 saturated heterocycles. The van der Waals surface area contributed by atoms with Crippen LogP contribution in [-0.4, -0.2) is 33.9 Å². The van der Waals surface area contributed by atoms with Crippen LogP contribution in [0.15, 0.2) is 56.6 Å². The molecule has 1 heterocycles. The first-order valence-corrected chi connectivity index (χ1v) is 9.08. The standard InChI is InChI=1S/C17H12BrClFN5O4/c18-12-7-10(4-5-13(12)20)21-16(23-27)15-17(25-29-24-15)22-14(26)8-28-11-3-1-2-9(19)6-11/h1-7,27H,8H2,(H,21,23)(H,22,25,26). The molecule has 0 atom stereocenters. The van der Waals surface area contributed by atoms with Crippen LogP contribution in [-0.2, 0) is 4.79 Å². The summed E-state index contributed by atoms with van der Waals surface area (Å²) in [6.45, 7) is -0.337. The third-order valence-electron chi connectivity index (χ3n) is 3.39. The molecular formula is C17H12BrClFN5O4. The number of nitrogens with one attached hydrogen (secondary N) is 2. The highest BCUT2D eigenvalue weighted by Crippen LogP contribution is 2.23. The van der Waals surface area contributed by atoms with Crippen molar-refractivity contribution in [1.29, 1.82) is 0 Å². The van der Waals surface area contributed by atoms with Gasteiger partial charge >= 0.3 is 0 Å². The average Bonchev–Trinajstić information content (AvgIpc) is 3.15. The first kappa shape index (κ1) is 20.7. The Hall–Kier alpha value is -3.02. The number of nitrogens with zero attached hydrogens (tertiary/aromatic N) is 3. The van der Waals surface area contributed by atoms with Crippen LogP contribution in [0.3, 0.4) is 0 Å². The monoisotopic (exact) mass is 483 g/mol. The summed E-state index contributed by atoms with van der Waals surface area (Å²) in [5.74, 6) is -0.920. The molecule has 3 aromatic rings. The predicted octanol–water partition coefficient (Wildman–Crippen LogP) is 3.70. The molecule has 0 saturated carbocycles. The second-order valence-electron chi connectivity index (χ2n) is 5.43. The van der Waals surface area contributed by atoms with Crippen LogP contribution < -0.4 is 15.5 Å². The third-order valence-corrected chi connectivity index (χ3v) is 4.23. The Morgan fingerprint density at radius 2 is 2.14 bits per heavy atom. The van der Waals surface area contributed by atoms with Crippen molar-refractivity contribution in [2.24, 2.45) is 4.99 Å². The molecule has 0 spiro atoms. The Kier molecular flexibility index (Phi) is 6.75. The van der Waals surface area contributed by atoms with Crippen molar-refractivity contribution in [1.82, 2.24) is 15.8 Å². The van der Waals surface area contributed by atoms with E-state index in [-0.39, 0.29) is 28.4 Å². The number of amidine groups is 1. The van der Waals surface area contributed by atoms with Gasteiger partial charge in [0.15, 0.2) is 18.1 Å². The van der Waals surface area contributed by atoms with Gasteiger partial charge in [0.2, 0.25) is 5.82 Å². The number of hydrogen-bond acceptors (Lipinski definition) is 7. The van der Waals surface area contributed by atoms with E-state index in [2.05, 4.69) is 41.2 Å². The van der Waals surface area contributed by atoms with Crippen LogP contribution in [0.4, 0.5) is 15.9 Å². The molecule has 0 aliphatic rings. The van der Waals surface area contributed by atoms with E-state index in [1.54, 1.807) is 24.3 Å². The van der Waals surface area contributed by atoms with Crippen molar-refractivity contribution in [2.75, 3.05) is 11.9 Å². The van der Waals surface area contributed by atoms with E-state index in [0.29, 0.717) is 16.5 Å². The number of carbonyl (C=O) groups excluding carboxylic acids is 1. The summed E-state index contributed by atoms with van der Waals surface area (Å²) in [6, 6.07) is 10.5. The molecule has 0 aliphatic carbocycles. The maximum Gasteiger partial charge on any atom is 0.263 e. The number of hydroxylamine groups is 1. The predicted molar refractivity (Wildman–Crippen MR) is 105 cm³/mol. The fraction of sp³-hybridized carbons (Fsp3) is 0.0588. The van der Waals surface area contributed by atoms with Crippen molar-refractivity contribution in [3.8, 4) is 5.75 Å². The largest absolute Gasteiger partial charge is 0.484 e. The number of aliphatic imine (C=N–C) groups is 1. The lowest BCUT2D eigenvalue weighted by Crippen LogP contribution is -2.25. The third kappa shape index (κ3) is 5.50. The molecular weight excluding hydrogens is 473 g/mol. The first-order valence-electron chi connectivity index (χ1n) is 7.91. The lowest BCUT2D eigenvalue weighted by atomic mass is 10.3. The zero-order valence-corrected chi connectivity index (χ0v) is 16.7. The van der Waals surface area contributed by atoms with E-state index in [9.17, 15) is 14.4 Å². The number of amides is 1. The van der Waals surface area contributed by atoms with Gasteiger partial charge in [-0.05, 0) is 62.6 Å². The summed E-state index contributed by atoms with van der Waals surface area (Å²) in [4.78, 5) is 16.2. The van der Waals surface area contributed by atoms with Crippen LogP contribution in [0.1, 0.15) is 5.69 Å². The van der Waals surface area contributed by atoms with E-state index >= 15 is 0 Å². The Bertz CT molecular complexity index is 1060. The van der Waals surface area contributed by atoms with Crippen molar-refractivity contribution in [2.45, 2.75) is 0 Å². The molecule has 2 aromatic carbocycles. The normalized spacial score (nSPS) is 11.2. The van der Waals surface area contributed by atoms with Crippen molar-refractivity contribution >= 4 is 50.8 Å². The lowest BCUT2D eigenvalue weighted by Gasteiger charge is -2.07. The zero-order chi connectivity index (χ0) is 20.8. The minimum Gasteiger partial charge on any atom is -0.484 e. The van der Waals surface area contributed by atoms with Gasteiger partial charge in [-0.25, -0.2) is 14.0 Å². The molecule has 150 valence electrons. The highest BCUT2D eigenvalue weighted by molar-refractivity contribution is 9.10. The summed E-state index contributed by atoms with van der Waals surface area (Å²) < 4.78 is 23.5. The maximum absolute atomic E-state index is 13.4. The number of halogens is 3. The van der Waals surface area contributed by atoms with Gasteiger partial charge in [-0.15, -0.1) is 0 Å². The Morgan fingerprint density at radius 3 is 2.86 bits per heavy atom. The zero-order valence-electron chi connectivity index (χ0n) is 14.4. The number of rotatable bonds is 6. The summed E-state index contributed by atoms with van der Waals surface area (Å²) >= 11 is 8.89. The van der Waals surface area contributed by atoms with E-state index in [4.69, 9.17) is 16.3 Å². The van der Waals surface area contributed by atoms with Crippen LogP contribution >= 0.6 is 27.5 Å². The van der Waals surface area contributed by atoms with Gasteiger partial charge in [-0.1, -0.05) is 17.7 Å².